The average molecular weight is 246 g/mol. The van der Waals surface area contributed by atoms with Crippen LogP contribution < -0.4 is 0 Å². The van der Waals surface area contributed by atoms with Crippen LogP contribution >= 0.6 is 11.6 Å². The summed E-state index contributed by atoms with van der Waals surface area (Å²) in [6, 6.07) is 0. The largest absolute Gasteiger partial charge is 0.371 e. The van der Waals surface area contributed by atoms with Gasteiger partial charge in [0.2, 0.25) is 0 Å². The molecule has 2 unspecified atom stereocenters. The van der Waals surface area contributed by atoms with Gasteiger partial charge in [-0.25, -0.2) is 0 Å². The van der Waals surface area contributed by atoms with Gasteiger partial charge in [-0.15, -0.1) is 11.6 Å². The third-order valence-electron chi connectivity index (χ3n) is 3.84. The first kappa shape index (κ1) is 12.7. The van der Waals surface area contributed by atoms with Gasteiger partial charge in [-0.3, -0.25) is 0 Å². The molecule has 2 heterocycles. The monoisotopic (exact) mass is 245 g/mol. The van der Waals surface area contributed by atoms with E-state index in [0.29, 0.717) is 12.0 Å². The molecule has 2 aliphatic rings. The van der Waals surface area contributed by atoms with Crippen LogP contribution in [0.15, 0.2) is 0 Å². The summed E-state index contributed by atoms with van der Waals surface area (Å²) in [5.74, 6) is 1.51. The van der Waals surface area contributed by atoms with E-state index >= 15 is 0 Å². The molecule has 0 aromatic heterocycles. The molecule has 2 aliphatic heterocycles. The van der Waals surface area contributed by atoms with Gasteiger partial charge >= 0.3 is 0 Å². The van der Waals surface area contributed by atoms with Crippen LogP contribution in [-0.2, 0) is 4.74 Å². The van der Waals surface area contributed by atoms with Crippen molar-refractivity contribution < 1.29 is 4.74 Å². The fourth-order valence-electron chi connectivity index (χ4n) is 2.94. The first-order valence-electron chi connectivity index (χ1n) is 6.55. The van der Waals surface area contributed by atoms with Crippen molar-refractivity contribution in [3.05, 3.63) is 0 Å². The molecule has 2 saturated heterocycles. The van der Waals surface area contributed by atoms with E-state index in [2.05, 4.69) is 18.7 Å². The van der Waals surface area contributed by atoms with Gasteiger partial charge in [-0.05, 0) is 52.0 Å². The Balaban J connectivity index is 1.77. The van der Waals surface area contributed by atoms with Crippen LogP contribution in [0, 0.1) is 5.92 Å². The van der Waals surface area contributed by atoms with E-state index in [1.54, 1.807) is 0 Å². The molecule has 2 atom stereocenters. The van der Waals surface area contributed by atoms with Crippen molar-refractivity contribution >= 4 is 11.6 Å². The Hall–Kier alpha value is 0.210. The van der Waals surface area contributed by atoms with Gasteiger partial charge < -0.3 is 9.64 Å². The van der Waals surface area contributed by atoms with Gasteiger partial charge in [0.05, 0.1) is 11.7 Å². The third kappa shape index (κ3) is 3.35. The number of hydrogen-bond donors (Lipinski definition) is 0. The van der Waals surface area contributed by atoms with Crippen LogP contribution in [0.3, 0.4) is 0 Å². The molecule has 3 heteroatoms. The maximum absolute atomic E-state index is 6.05. The number of alkyl halides is 1. The lowest BCUT2D eigenvalue weighted by Crippen LogP contribution is -2.41. The summed E-state index contributed by atoms with van der Waals surface area (Å²) in [6.07, 6.45) is 5.47. The van der Waals surface area contributed by atoms with Gasteiger partial charge in [0, 0.05) is 19.0 Å². The van der Waals surface area contributed by atoms with Gasteiger partial charge in [0.15, 0.2) is 0 Å². The van der Waals surface area contributed by atoms with E-state index in [-0.39, 0.29) is 5.60 Å². The minimum absolute atomic E-state index is 0.104. The molecule has 16 heavy (non-hydrogen) atoms. The molecule has 2 nitrogen and oxygen atoms in total. The minimum atomic E-state index is 0.104. The molecular formula is C13H24ClNO. The van der Waals surface area contributed by atoms with Crippen LogP contribution in [0.25, 0.3) is 0 Å². The van der Waals surface area contributed by atoms with Crippen molar-refractivity contribution in [2.75, 3.05) is 25.5 Å². The number of likely N-dealkylation sites (tertiary alicyclic amines) is 1. The number of rotatable bonds is 3. The van der Waals surface area contributed by atoms with E-state index in [9.17, 15) is 0 Å². The van der Waals surface area contributed by atoms with E-state index in [0.717, 1.165) is 12.4 Å². The Morgan fingerprint density at radius 1 is 1.38 bits per heavy atom. The van der Waals surface area contributed by atoms with Crippen molar-refractivity contribution in [2.24, 2.45) is 5.92 Å². The van der Waals surface area contributed by atoms with Crippen molar-refractivity contribution in [3.63, 3.8) is 0 Å². The molecule has 0 spiro atoms. The molecule has 0 aromatic rings. The zero-order chi connectivity index (χ0) is 11.6. The highest BCUT2D eigenvalue weighted by Gasteiger charge is 2.33. The lowest BCUT2D eigenvalue weighted by atomic mass is 9.99. The molecule has 0 bridgehead atoms. The van der Waals surface area contributed by atoms with Gasteiger partial charge in [-0.2, -0.15) is 0 Å². The lowest BCUT2D eigenvalue weighted by molar-refractivity contribution is -0.0324. The SMILES string of the molecule is CC1(C)CCC(CN2CCCC(CCl)C2)O1. The second kappa shape index (κ2) is 5.24. The molecule has 2 rings (SSSR count). The average Bonchev–Trinajstić information content (AvgIpc) is 2.58. The van der Waals surface area contributed by atoms with Crippen LogP contribution in [0.1, 0.15) is 39.5 Å². The summed E-state index contributed by atoms with van der Waals surface area (Å²) in [4.78, 5) is 2.54. The van der Waals surface area contributed by atoms with E-state index in [1.165, 1.54) is 38.8 Å². The van der Waals surface area contributed by atoms with Gasteiger partial charge in [0.25, 0.3) is 0 Å². The third-order valence-corrected chi connectivity index (χ3v) is 4.27. The van der Waals surface area contributed by atoms with Crippen LogP contribution in [-0.4, -0.2) is 42.1 Å². The maximum Gasteiger partial charge on any atom is 0.0710 e. The number of nitrogens with zero attached hydrogens (tertiary/aromatic N) is 1. The number of halogens is 1. The standard InChI is InChI=1S/C13H24ClNO/c1-13(2)6-5-12(16-13)10-15-7-3-4-11(8-14)9-15/h11-12H,3-10H2,1-2H3. The Bertz CT molecular complexity index is 232. The molecule has 0 N–H and O–H groups in total. The Labute approximate surface area is 104 Å². The summed E-state index contributed by atoms with van der Waals surface area (Å²) in [7, 11) is 0. The summed E-state index contributed by atoms with van der Waals surface area (Å²) in [5.41, 5.74) is 0.104. The Morgan fingerprint density at radius 3 is 2.81 bits per heavy atom. The quantitative estimate of drug-likeness (QED) is 0.709. The van der Waals surface area contributed by atoms with Crippen molar-refractivity contribution in [2.45, 2.75) is 51.2 Å². The zero-order valence-electron chi connectivity index (χ0n) is 10.5. The van der Waals surface area contributed by atoms with Crippen molar-refractivity contribution in [3.8, 4) is 0 Å². The predicted molar refractivity (Wildman–Crippen MR) is 68.1 cm³/mol. The zero-order valence-corrected chi connectivity index (χ0v) is 11.3. The molecule has 94 valence electrons. The van der Waals surface area contributed by atoms with E-state index < -0.39 is 0 Å². The van der Waals surface area contributed by atoms with E-state index in [1.807, 2.05) is 0 Å². The first-order chi connectivity index (χ1) is 7.59. The molecule has 0 radical (unpaired) electrons. The maximum atomic E-state index is 6.05. The molecule has 0 aliphatic carbocycles. The highest BCUT2D eigenvalue weighted by Crippen LogP contribution is 2.30. The summed E-state index contributed by atoms with van der Waals surface area (Å²) >= 11 is 5.95. The summed E-state index contributed by atoms with van der Waals surface area (Å²) in [5, 5.41) is 0. The van der Waals surface area contributed by atoms with Gasteiger partial charge in [0.1, 0.15) is 0 Å². The first-order valence-corrected chi connectivity index (χ1v) is 7.09. The number of hydrogen-bond acceptors (Lipinski definition) is 2. The Kier molecular flexibility index (Phi) is 4.15. The molecule has 0 amide bonds. The van der Waals surface area contributed by atoms with Gasteiger partial charge in [-0.1, -0.05) is 0 Å². The fraction of sp³-hybridized carbons (Fsp3) is 1.00. The van der Waals surface area contributed by atoms with Crippen LogP contribution in [0.4, 0.5) is 0 Å². The molecule has 0 saturated carbocycles. The summed E-state index contributed by atoms with van der Waals surface area (Å²) < 4.78 is 6.05. The highest BCUT2D eigenvalue weighted by atomic mass is 35.5. The smallest absolute Gasteiger partial charge is 0.0710 e. The van der Waals surface area contributed by atoms with Crippen molar-refractivity contribution in [1.29, 1.82) is 0 Å². The Morgan fingerprint density at radius 2 is 2.19 bits per heavy atom. The normalized spacial score (nSPS) is 35.4. The second-order valence-electron chi connectivity index (χ2n) is 5.96. The van der Waals surface area contributed by atoms with Crippen LogP contribution in [0.5, 0.6) is 0 Å². The molecule has 0 aromatic carbocycles. The lowest BCUT2D eigenvalue weighted by Gasteiger charge is -2.33. The summed E-state index contributed by atoms with van der Waals surface area (Å²) in [6.45, 7) is 7.91. The molecule has 2 fully saturated rings. The van der Waals surface area contributed by atoms with Crippen molar-refractivity contribution in [1.82, 2.24) is 4.90 Å². The number of ether oxygens (including phenoxy) is 1. The highest BCUT2D eigenvalue weighted by molar-refractivity contribution is 6.18. The predicted octanol–water partition coefficient (Wildman–Crippen LogP) is 2.89. The topological polar surface area (TPSA) is 12.5 Å². The second-order valence-corrected chi connectivity index (χ2v) is 6.27. The van der Waals surface area contributed by atoms with E-state index in [4.69, 9.17) is 16.3 Å². The fourth-order valence-corrected chi connectivity index (χ4v) is 3.19. The minimum Gasteiger partial charge on any atom is -0.371 e. The molecular weight excluding hydrogens is 222 g/mol. The number of piperidine rings is 1. The van der Waals surface area contributed by atoms with Crippen LogP contribution in [0.2, 0.25) is 0 Å².